The molecular formula is C27H25N3O7S. The molecule has 0 saturated carbocycles. The maximum Gasteiger partial charge on any atom is 0.303 e. The van der Waals surface area contributed by atoms with E-state index in [1.807, 2.05) is 0 Å². The van der Waals surface area contributed by atoms with Crippen molar-refractivity contribution in [3.8, 4) is 5.75 Å². The number of aromatic nitrogens is 1. The Labute approximate surface area is 218 Å². The minimum absolute atomic E-state index is 0.0204. The van der Waals surface area contributed by atoms with Gasteiger partial charge in [0.05, 0.1) is 17.6 Å². The summed E-state index contributed by atoms with van der Waals surface area (Å²) in [4.78, 5) is 40.1. The second kappa shape index (κ2) is 9.82. The summed E-state index contributed by atoms with van der Waals surface area (Å²) in [5.74, 6) is -1.03. The molecule has 1 aromatic heterocycles. The van der Waals surface area contributed by atoms with Gasteiger partial charge in [-0.25, -0.2) is 8.42 Å². The highest BCUT2D eigenvalue weighted by Crippen LogP contribution is 2.37. The van der Waals surface area contributed by atoms with Gasteiger partial charge in [-0.15, -0.1) is 0 Å². The summed E-state index contributed by atoms with van der Waals surface area (Å²) in [5.41, 5.74) is 3.84. The van der Waals surface area contributed by atoms with Gasteiger partial charge >= 0.3 is 5.97 Å². The van der Waals surface area contributed by atoms with Gasteiger partial charge in [-0.1, -0.05) is 6.07 Å². The number of carbonyl (C=O) groups excluding carboxylic acids is 2. The number of ketones is 1. The van der Waals surface area contributed by atoms with Crippen LogP contribution in [0.2, 0.25) is 0 Å². The third-order valence-corrected chi connectivity index (χ3v) is 7.99. The molecule has 11 heteroatoms. The average Bonchev–Trinajstić information content (AvgIpc) is 3.40. The number of hydrogen-bond acceptors (Lipinski definition) is 6. The van der Waals surface area contributed by atoms with Crippen molar-refractivity contribution in [3.63, 3.8) is 0 Å². The molecule has 2 heterocycles. The highest BCUT2D eigenvalue weighted by Gasteiger charge is 2.29. The molecule has 38 heavy (non-hydrogen) atoms. The fourth-order valence-corrected chi connectivity index (χ4v) is 5.91. The predicted molar refractivity (Wildman–Crippen MR) is 141 cm³/mol. The highest BCUT2D eigenvalue weighted by molar-refractivity contribution is 7.92. The molecule has 5 rings (SSSR count). The van der Waals surface area contributed by atoms with E-state index in [1.165, 1.54) is 19.2 Å². The SMILES string of the molecule is COc1cccc(S(=O)(=O)Nc2ccc3c(c2)/C(=C/c2[nH]c4c(c2CCC(=O)O)C(=O)CCC4)C(=O)N3)c1. The molecule has 1 amide bonds. The van der Waals surface area contributed by atoms with E-state index in [4.69, 9.17) is 4.74 Å². The summed E-state index contributed by atoms with van der Waals surface area (Å²) < 4.78 is 33.6. The van der Waals surface area contributed by atoms with Gasteiger partial charge in [0.15, 0.2) is 5.78 Å². The standard InChI is InChI=1S/C27H25N3O7S/c1-37-16-4-2-5-17(13-16)38(35,36)30-15-8-10-21-19(12-15)20(27(34)29-21)14-23-18(9-11-25(32)33)26-22(28-23)6-3-7-24(26)31/h2,4-5,8,10,12-14,28,30H,3,6-7,9,11H2,1H3,(H,29,34)(H,32,33)/b20-14-. The van der Waals surface area contributed by atoms with Crippen LogP contribution in [0.15, 0.2) is 47.4 Å². The lowest BCUT2D eigenvalue weighted by Gasteiger charge is -2.11. The van der Waals surface area contributed by atoms with E-state index >= 15 is 0 Å². The van der Waals surface area contributed by atoms with Crippen LogP contribution in [-0.4, -0.2) is 43.3 Å². The smallest absolute Gasteiger partial charge is 0.303 e. The Morgan fingerprint density at radius 1 is 1.16 bits per heavy atom. The number of aliphatic carboxylic acids is 1. The van der Waals surface area contributed by atoms with Gasteiger partial charge < -0.3 is 20.1 Å². The van der Waals surface area contributed by atoms with E-state index in [9.17, 15) is 27.9 Å². The molecule has 2 aromatic carbocycles. The summed E-state index contributed by atoms with van der Waals surface area (Å²) in [7, 11) is -2.49. The largest absolute Gasteiger partial charge is 0.497 e. The fraction of sp³-hybridized carbons (Fsp3) is 0.222. The van der Waals surface area contributed by atoms with Crippen molar-refractivity contribution in [1.29, 1.82) is 0 Å². The molecule has 196 valence electrons. The zero-order valence-electron chi connectivity index (χ0n) is 20.5. The van der Waals surface area contributed by atoms with Crippen LogP contribution in [0, 0.1) is 0 Å². The number of methoxy groups -OCH3 is 1. The van der Waals surface area contributed by atoms with Crippen LogP contribution < -0.4 is 14.8 Å². The molecule has 0 atom stereocenters. The predicted octanol–water partition coefficient (Wildman–Crippen LogP) is 3.85. The van der Waals surface area contributed by atoms with Crippen molar-refractivity contribution in [3.05, 3.63) is 70.5 Å². The number of carboxylic acids is 1. The number of amides is 1. The number of anilines is 2. The van der Waals surface area contributed by atoms with Crippen molar-refractivity contribution >= 4 is 50.7 Å². The molecule has 10 nitrogen and oxygen atoms in total. The van der Waals surface area contributed by atoms with Gasteiger partial charge in [0.1, 0.15) is 5.75 Å². The number of hydrogen-bond donors (Lipinski definition) is 4. The van der Waals surface area contributed by atoms with Gasteiger partial charge in [0.25, 0.3) is 15.9 Å². The number of H-pyrrole nitrogens is 1. The van der Waals surface area contributed by atoms with Crippen molar-refractivity contribution in [1.82, 2.24) is 4.98 Å². The first-order valence-electron chi connectivity index (χ1n) is 12.0. The van der Waals surface area contributed by atoms with E-state index in [2.05, 4.69) is 15.0 Å². The van der Waals surface area contributed by atoms with Crippen LogP contribution in [0.1, 0.15) is 52.1 Å². The first-order chi connectivity index (χ1) is 18.2. The van der Waals surface area contributed by atoms with Gasteiger partial charge in [0, 0.05) is 52.8 Å². The molecule has 1 aliphatic carbocycles. The van der Waals surface area contributed by atoms with E-state index in [1.54, 1.807) is 36.4 Å². The second-order valence-corrected chi connectivity index (χ2v) is 10.8. The molecule has 2 aliphatic rings. The summed E-state index contributed by atoms with van der Waals surface area (Å²) in [6.45, 7) is 0. The van der Waals surface area contributed by atoms with E-state index in [0.717, 1.165) is 5.69 Å². The summed E-state index contributed by atoms with van der Waals surface area (Å²) in [6, 6.07) is 10.8. The van der Waals surface area contributed by atoms with Crippen LogP contribution >= 0.6 is 0 Å². The molecular weight excluding hydrogens is 510 g/mol. The molecule has 0 spiro atoms. The van der Waals surface area contributed by atoms with Gasteiger partial charge in [0.2, 0.25) is 0 Å². The van der Waals surface area contributed by atoms with E-state index in [0.29, 0.717) is 53.1 Å². The molecule has 1 aliphatic heterocycles. The maximum absolute atomic E-state index is 13.0. The Balaban J connectivity index is 1.52. The fourth-order valence-electron chi connectivity index (χ4n) is 4.83. The minimum Gasteiger partial charge on any atom is -0.497 e. The second-order valence-electron chi connectivity index (χ2n) is 9.10. The number of sulfonamides is 1. The maximum atomic E-state index is 13.0. The molecule has 0 saturated heterocycles. The zero-order chi connectivity index (χ0) is 27.0. The number of aromatic amines is 1. The molecule has 0 fully saturated rings. The Hall–Kier alpha value is -4.38. The molecule has 0 radical (unpaired) electrons. The first-order valence-corrected chi connectivity index (χ1v) is 13.5. The average molecular weight is 536 g/mol. The van der Waals surface area contributed by atoms with Gasteiger partial charge in [-0.2, -0.15) is 0 Å². The molecule has 0 unspecified atom stereocenters. The minimum atomic E-state index is -3.94. The van der Waals surface area contributed by atoms with Crippen molar-refractivity contribution < 1.29 is 32.6 Å². The van der Waals surface area contributed by atoms with Crippen molar-refractivity contribution in [2.24, 2.45) is 0 Å². The lowest BCUT2D eigenvalue weighted by molar-refractivity contribution is -0.137. The third-order valence-electron chi connectivity index (χ3n) is 6.61. The quantitative estimate of drug-likeness (QED) is 0.319. The summed E-state index contributed by atoms with van der Waals surface area (Å²) >= 11 is 0. The Bertz CT molecular complexity index is 1620. The van der Waals surface area contributed by atoms with E-state index < -0.39 is 21.9 Å². The Morgan fingerprint density at radius 2 is 1.97 bits per heavy atom. The summed E-state index contributed by atoms with van der Waals surface area (Å²) in [5, 5.41) is 12.0. The van der Waals surface area contributed by atoms with E-state index in [-0.39, 0.29) is 34.8 Å². The van der Waals surface area contributed by atoms with Crippen LogP contribution in [0.3, 0.4) is 0 Å². The van der Waals surface area contributed by atoms with Gasteiger partial charge in [-0.3, -0.25) is 19.1 Å². The lowest BCUT2D eigenvalue weighted by Crippen LogP contribution is -2.13. The van der Waals surface area contributed by atoms with Crippen LogP contribution in [-0.2, 0) is 32.5 Å². The van der Waals surface area contributed by atoms with Crippen molar-refractivity contribution in [2.45, 2.75) is 37.0 Å². The number of fused-ring (bicyclic) bond motifs is 2. The highest BCUT2D eigenvalue weighted by atomic mass is 32.2. The summed E-state index contributed by atoms with van der Waals surface area (Å²) in [6.07, 6.45) is 3.32. The molecule has 3 aromatic rings. The molecule has 4 N–H and O–H groups in total. The van der Waals surface area contributed by atoms with Gasteiger partial charge in [-0.05, 0) is 61.2 Å². The number of rotatable bonds is 8. The third kappa shape index (κ3) is 4.80. The van der Waals surface area contributed by atoms with Crippen LogP contribution in [0.25, 0.3) is 11.6 Å². The molecule has 0 bridgehead atoms. The number of benzene rings is 2. The normalized spacial score (nSPS) is 15.7. The van der Waals surface area contributed by atoms with Crippen LogP contribution in [0.5, 0.6) is 5.75 Å². The number of aryl methyl sites for hydroxylation is 1. The van der Waals surface area contributed by atoms with Crippen LogP contribution in [0.4, 0.5) is 11.4 Å². The van der Waals surface area contributed by atoms with Crippen molar-refractivity contribution in [2.75, 3.05) is 17.1 Å². The topological polar surface area (TPSA) is 155 Å². The number of ether oxygens (including phenoxy) is 1. The first kappa shape index (κ1) is 25.3. The number of Topliss-reactive ketones (excluding diaryl/α,β-unsaturated/α-hetero) is 1. The Kier molecular flexibility index (Phi) is 6.53. The number of carboxylic acid groups (broad SMARTS) is 1. The number of nitrogens with one attached hydrogen (secondary N) is 3. The Morgan fingerprint density at radius 3 is 2.74 bits per heavy atom. The number of carbonyl (C=O) groups is 3. The zero-order valence-corrected chi connectivity index (χ0v) is 21.3. The monoisotopic (exact) mass is 535 g/mol. The lowest BCUT2D eigenvalue weighted by atomic mass is 9.91.